The topological polar surface area (TPSA) is 29.5 Å². The van der Waals surface area contributed by atoms with Crippen LogP contribution in [0.3, 0.4) is 0 Å². The van der Waals surface area contributed by atoms with E-state index < -0.39 is 0 Å². The molecule has 0 radical (unpaired) electrons. The lowest BCUT2D eigenvalue weighted by molar-refractivity contribution is -0.168. The Kier molecular flexibility index (Phi) is 3.51. The summed E-state index contributed by atoms with van der Waals surface area (Å²) in [4.78, 5) is 16.8. The van der Waals surface area contributed by atoms with Crippen LogP contribution < -0.4 is 0 Å². The third-order valence-corrected chi connectivity index (χ3v) is 2.57. The molecule has 1 aromatic carbocycles. The van der Waals surface area contributed by atoms with Gasteiger partial charge in [-0.25, -0.2) is 9.45 Å². The molecule has 1 amide bonds. The molecule has 0 atom stereocenters. The molecule has 1 aliphatic heterocycles. The summed E-state index contributed by atoms with van der Waals surface area (Å²) in [7, 11) is 0. The summed E-state index contributed by atoms with van der Waals surface area (Å²) in [5, 5.41) is 1.42. The standard InChI is InChI=1S/C12H14FNO2/c13-11-5-2-10(3-6-11)4-7-12(15)14-8-1-9-16-14/h2-3,5-6H,1,4,7-9H2. The van der Waals surface area contributed by atoms with Crippen LogP contribution in [0.4, 0.5) is 4.39 Å². The summed E-state index contributed by atoms with van der Waals surface area (Å²) in [6, 6.07) is 6.22. The molecule has 1 heterocycles. The summed E-state index contributed by atoms with van der Waals surface area (Å²) in [5.74, 6) is -0.250. The normalized spacial score (nSPS) is 15.4. The van der Waals surface area contributed by atoms with Crippen LogP contribution in [0.2, 0.25) is 0 Å². The molecule has 0 bridgehead atoms. The van der Waals surface area contributed by atoms with Crippen molar-refractivity contribution in [2.24, 2.45) is 0 Å². The fourth-order valence-corrected chi connectivity index (χ4v) is 1.67. The van der Waals surface area contributed by atoms with Gasteiger partial charge in [-0.05, 0) is 30.5 Å². The van der Waals surface area contributed by atoms with Gasteiger partial charge in [0.15, 0.2) is 0 Å². The van der Waals surface area contributed by atoms with Crippen LogP contribution >= 0.6 is 0 Å². The maximum atomic E-state index is 12.6. The maximum absolute atomic E-state index is 12.6. The third-order valence-electron chi connectivity index (χ3n) is 2.57. The summed E-state index contributed by atoms with van der Waals surface area (Å²) in [5.41, 5.74) is 0.967. The highest BCUT2D eigenvalue weighted by Crippen LogP contribution is 2.10. The van der Waals surface area contributed by atoms with Crippen LogP contribution in [0, 0.1) is 5.82 Å². The lowest BCUT2D eigenvalue weighted by Crippen LogP contribution is -2.26. The zero-order valence-electron chi connectivity index (χ0n) is 8.99. The number of aryl methyl sites for hydroxylation is 1. The Balaban J connectivity index is 1.82. The summed E-state index contributed by atoms with van der Waals surface area (Å²) in [6.07, 6.45) is 1.94. The summed E-state index contributed by atoms with van der Waals surface area (Å²) < 4.78 is 12.6. The zero-order valence-corrected chi connectivity index (χ0v) is 8.99. The molecule has 86 valence electrons. The van der Waals surface area contributed by atoms with Gasteiger partial charge in [-0.2, -0.15) is 0 Å². The van der Waals surface area contributed by atoms with Crippen LogP contribution in [-0.4, -0.2) is 24.1 Å². The predicted molar refractivity (Wildman–Crippen MR) is 57.0 cm³/mol. The molecule has 0 N–H and O–H groups in total. The van der Waals surface area contributed by atoms with E-state index >= 15 is 0 Å². The van der Waals surface area contributed by atoms with Gasteiger partial charge >= 0.3 is 0 Å². The summed E-state index contributed by atoms with van der Waals surface area (Å²) >= 11 is 0. The van der Waals surface area contributed by atoms with E-state index in [1.54, 1.807) is 12.1 Å². The van der Waals surface area contributed by atoms with Crippen molar-refractivity contribution in [3.63, 3.8) is 0 Å². The Morgan fingerprint density at radius 2 is 2.12 bits per heavy atom. The molecule has 1 aliphatic rings. The first kappa shape index (κ1) is 11.1. The Morgan fingerprint density at radius 3 is 2.75 bits per heavy atom. The van der Waals surface area contributed by atoms with Gasteiger partial charge in [0.1, 0.15) is 5.82 Å². The lowest BCUT2D eigenvalue weighted by atomic mass is 10.1. The fourth-order valence-electron chi connectivity index (χ4n) is 1.67. The van der Waals surface area contributed by atoms with Gasteiger partial charge in [-0.3, -0.25) is 9.63 Å². The minimum atomic E-state index is -0.252. The van der Waals surface area contributed by atoms with E-state index in [4.69, 9.17) is 4.84 Å². The van der Waals surface area contributed by atoms with E-state index in [1.165, 1.54) is 17.2 Å². The Bertz CT molecular complexity index is 358. The quantitative estimate of drug-likeness (QED) is 0.783. The molecule has 1 fully saturated rings. The average molecular weight is 223 g/mol. The first-order chi connectivity index (χ1) is 7.75. The number of halogens is 1. The van der Waals surface area contributed by atoms with Crippen molar-refractivity contribution in [1.82, 2.24) is 5.06 Å². The van der Waals surface area contributed by atoms with Gasteiger partial charge in [0, 0.05) is 6.42 Å². The van der Waals surface area contributed by atoms with Gasteiger partial charge in [0.05, 0.1) is 13.2 Å². The summed E-state index contributed by atoms with van der Waals surface area (Å²) in [6.45, 7) is 1.31. The SMILES string of the molecule is O=C(CCc1ccc(F)cc1)N1CCCO1. The number of benzene rings is 1. The first-order valence-corrected chi connectivity index (χ1v) is 5.43. The maximum Gasteiger partial charge on any atom is 0.246 e. The van der Waals surface area contributed by atoms with E-state index in [0.717, 1.165) is 12.0 Å². The number of hydrogen-bond acceptors (Lipinski definition) is 2. The molecule has 16 heavy (non-hydrogen) atoms. The largest absolute Gasteiger partial charge is 0.273 e. The molecule has 0 unspecified atom stereocenters. The monoisotopic (exact) mass is 223 g/mol. The van der Waals surface area contributed by atoms with Crippen molar-refractivity contribution in [3.8, 4) is 0 Å². The highest BCUT2D eigenvalue weighted by molar-refractivity contribution is 5.75. The number of hydrogen-bond donors (Lipinski definition) is 0. The van der Waals surface area contributed by atoms with E-state index in [-0.39, 0.29) is 11.7 Å². The van der Waals surface area contributed by atoms with E-state index in [0.29, 0.717) is 26.0 Å². The molecular formula is C12H14FNO2. The Labute approximate surface area is 93.8 Å². The second kappa shape index (κ2) is 5.07. The number of carbonyl (C=O) groups is 1. The number of amides is 1. The number of carbonyl (C=O) groups excluding carboxylic acids is 1. The molecule has 2 rings (SSSR count). The number of hydroxylamine groups is 2. The van der Waals surface area contributed by atoms with E-state index in [9.17, 15) is 9.18 Å². The van der Waals surface area contributed by atoms with Gasteiger partial charge in [0.2, 0.25) is 5.91 Å². The lowest BCUT2D eigenvalue weighted by Gasteiger charge is -2.13. The van der Waals surface area contributed by atoms with Crippen molar-refractivity contribution in [1.29, 1.82) is 0 Å². The molecule has 0 saturated carbocycles. The number of rotatable bonds is 3. The molecule has 0 aliphatic carbocycles. The van der Waals surface area contributed by atoms with Gasteiger partial charge in [0.25, 0.3) is 0 Å². The van der Waals surface area contributed by atoms with Crippen LogP contribution in [-0.2, 0) is 16.1 Å². The Morgan fingerprint density at radius 1 is 1.38 bits per heavy atom. The molecule has 1 saturated heterocycles. The van der Waals surface area contributed by atoms with Crippen LogP contribution in [0.1, 0.15) is 18.4 Å². The molecule has 1 aromatic rings. The minimum Gasteiger partial charge on any atom is -0.273 e. The molecule has 4 heteroatoms. The van der Waals surface area contributed by atoms with Gasteiger partial charge in [-0.1, -0.05) is 12.1 Å². The van der Waals surface area contributed by atoms with Crippen LogP contribution in [0.25, 0.3) is 0 Å². The van der Waals surface area contributed by atoms with Crippen LogP contribution in [0.15, 0.2) is 24.3 Å². The fraction of sp³-hybridized carbons (Fsp3) is 0.417. The second-order valence-corrected chi connectivity index (χ2v) is 3.81. The molecular weight excluding hydrogens is 209 g/mol. The number of nitrogens with zero attached hydrogens (tertiary/aromatic N) is 1. The van der Waals surface area contributed by atoms with Crippen molar-refractivity contribution < 1.29 is 14.0 Å². The minimum absolute atomic E-state index is 0.00169. The smallest absolute Gasteiger partial charge is 0.246 e. The zero-order chi connectivity index (χ0) is 11.4. The first-order valence-electron chi connectivity index (χ1n) is 5.43. The van der Waals surface area contributed by atoms with Gasteiger partial charge < -0.3 is 0 Å². The highest BCUT2D eigenvalue weighted by atomic mass is 19.1. The van der Waals surface area contributed by atoms with Crippen LogP contribution in [0.5, 0.6) is 0 Å². The van der Waals surface area contributed by atoms with Crippen molar-refractivity contribution in [2.75, 3.05) is 13.2 Å². The van der Waals surface area contributed by atoms with E-state index in [2.05, 4.69) is 0 Å². The van der Waals surface area contributed by atoms with Crippen molar-refractivity contribution in [2.45, 2.75) is 19.3 Å². The highest BCUT2D eigenvalue weighted by Gasteiger charge is 2.18. The average Bonchev–Trinajstić information content (AvgIpc) is 2.81. The third kappa shape index (κ3) is 2.79. The van der Waals surface area contributed by atoms with Gasteiger partial charge in [-0.15, -0.1) is 0 Å². The molecule has 0 spiro atoms. The van der Waals surface area contributed by atoms with Crippen molar-refractivity contribution >= 4 is 5.91 Å². The second-order valence-electron chi connectivity index (χ2n) is 3.81. The molecule has 0 aromatic heterocycles. The van der Waals surface area contributed by atoms with E-state index in [1.807, 2.05) is 0 Å². The van der Waals surface area contributed by atoms with Crippen molar-refractivity contribution in [3.05, 3.63) is 35.6 Å². The molecule has 3 nitrogen and oxygen atoms in total. The Hall–Kier alpha value is -1.42. The predicted octanol–water partition coefficient (Wildman–Crippen LogP) is 1.92.